The molecule has 1 aromatic rings. The lowest BCUT2D eigenvalue weighted by atomic mass is 9.56. The average Bonchev–Trinajstić information content (AvgIpc) is 2.52. The summed E-state index contributed by atoms with van der Waals surface area (Å²) in [6.45, 7) is 6.59. The molecule has 22 heavy (non-hydrogen) atoms. The second-order valence-electron chi connectivity index (χ2n) is 6.28. The maximum atomic E-state index is 12.2. The van der Waals surface area contributed by atoms with Crippen LogP contribution in [0.5, 0.6) is 0 Å². The van der Waals surface area contributed by atoms with Crippen molar-refractivity contribution in [2.45, 2.75) is 38.9 Å². The summed E-state index contributed by atoms with van der Waals surface area (Å²) in [4.78, 5) is 12.2. The molecule has 0 heterocycles. The lowest BCUT2D eigenvalue weighted by Crippen LogP contribution is -2.68. The number of nitriles is 1. The van der Waals surface area contributed by atoms with Crippen LogP contribution >= 0.6 is 0 Å². The number of carbonyl (C=O) groups is 1. The Morgan fingerprint density at radius 1 is 1.55 bits per heavy atom. The summed E-state index contributed by atoms with van der Waals surface area (Å²) >= 11 is 0. The summed E-state index contributed by atoms with van der Waals surface area (Å²) in [5, 5.41) is 22.3. The highest BCUT2D eigenvalue weighted by Crippen LogP contribution is 2.50. The normalized spacial score (nSPS) is 25.9. The number of nitrogens with zero attached hydrogens (tertiary/aromatic N) is 1. The zero-order valence-electron chi connectivity index (χ0n) is 13.2. The molecular formula is C17H22N2O3. The van der Waals surface area contributed by atoms with E-state index >= 15 is 0 Å². The molecule has 2 rings (SSSR count). The predicted molar refractivity (Wildman–Crippen MR) is 82.3 cm³/mol. The summed E-state index contributed by atoms with van der Waals surface area (Å²) in [6, 6.07) is 8.50. The Morgan fingerprint density at radius 2 is 2.27 bits per heavy atom. The van der Waals surface area contributed by atoms with Gasteiger partial charge in [0.15, 0.2) is 0 Å². The van der Waals surface area contributed by atoms with Gasteiger partial charge in [-0.1, -0.05) is 19.9 Å². The minimum Gasteiger partial charge on any atom is -0.387 e. The molecule has 1 aromatic carbocycles. The molecule has 2 N–H and O–H groups in total. The molecule has 1 aliphatic carbocycles. The largest absolute Gasteiger partial charge is 0.387 e. The fraction of sp³-hybridized carbons (Fsp3) is 0.529. The number of aliphatic hydroxyl groups is 1. The van der Waals surface area contributed by atoms with E-state index in [2.05, 4.69) is 5.32 Å². The highest BCUT2D eigenvalue weighted by molar-refractivity contribution is 5.94. The van der Waals surface area contributed by atoms with Crippen molar-refractivity contribution < 1.29 is 14.6 Å². The van der Waals surface area contributed by atoms with E-state index in [4.69, 9.17) is 10.00 Å². The van der Waals surface area contributed by atoms with E-state index in [9.17, 15) is 9.90 Å². The molecule has 0 saturated heterocycles. The zero-order chi connectivity index (χ0) is 16.4. The number of rotatable bonds is 5. The lowest BCUT2D eigenvalue weighted by Gasteiger charge is -2.57. The van der Waals surface area contributed by atoms with Crippen LogP contribution in [0.4, 0.5) is 0 Å². The van der Waals surface area contributed by atoms with Crippen molar-refractivity contribution in [2.24, 2.45) is 5.41 Å². The van der Waals surface area contributed by atoms with Crippen LogP contribution in [-0.2, 0) is 4.74 Å². The first-order valence-corrected chi connectivity index (χ1v) is 7.46. The van der Waals surface area contributed by atoms with Crippen LogP contribution in [0.3, 0.4) is 0 Å². The highest BCUT2D eigenvalue weighted by atomic mass is 16.5. The Morgan fingerprint density at radius 3 is 2.86 bits per heavy atom. The number of carbonyl (C=O) groups excluding carboxylic acids is 1. The Bertz CT molecular complexity index is 606. The van der Waals surface area contributed by atoms with Gasteiger partial charge in [-0.3, -0.25) is 4.79 Å². The molecule has 2 atom stereocenters. The molecule has 5 nitrogen and oxygen atoms in total. The topological polar surface area (TPSA) is 82.3 Å². The molecule has 1 fully saturated rings. The quantitative estimate of drug-likeness (QED) is 0.869. The van der Waals surface area contributed by atoms with Crippen molar-refractivity contribution in [1.29, 1.82) is 5.26 Å². The van der Waals surface area contributed by atoms with Crippen LogP contribution in [0.2, 0.25) is 0 Å². The first kappa shape index (κ1) is 16.5. The molecule has 1 aliphatic rings. The van der Waals surface area contributed by atoms with E-state index in [1.165, 1.54) is 6.07 Å². The van der Waals surface area contributed by atoms with E-state index in [1.807, 2.05) is 26.8 Å². The number of hydrogen-bond donors (Lipinski definition) is 2. The monoisotopic (exact) mass is 302 g/mol. The van der Waals surface area contributed by atoms with E-state index in [1.54, 1.807) is 18.2 Å². The highest BCUT2D eigenvalue weighted by Gasteiger charge is 2.59. The third kappa shape index (κ3) is 2.85. The summed E-state index contributed by atoms with van der Waals surface area (Å²) in [5.41, 5.74) is -0.534. The smallest absolute Gasteiger partial charge is 0.251 e. The molecule has 5 heteroatoms. The molecular weight excluding hydrogens is 280 g/mol. The number of hydrogen-bond acceptors (Lipinski definition) is 4. The van der Waals surface area contributed by atoms with Crippen LogP contribution in [0, 0.1) is 16.7 Å². The van der Waals surface area contributed by atoms with Gasteiger partial charge >= 0.3 is 0 Å². The fourth-order valence-corrected chi connectivity index (χ4v) is 2.82. The van der Waals surface area contributed by atoms with Crippen LogP contribution in [0.15, 0.2) is 24.3 Å². The molecule has 0 unspecified atom stereocenters. The molecule has 1 saturated carbocycles. The Hall–Kier alpha value is -1.90. The van der Waals surface area contributed by atoms with Gasteiger partial charge in [0.1, 0.15) is 0 Å². The van der Waals surface area contributed by atoms with E-state index in [0.29, 0.717) is 24.2 Å². The number of nitrogens with one attached hydrogen (secondary N) is 1. The standard InChI is InChI=1S/C17H22N2O3/c1-4-22-14-9-17(21,16(14,2)3)11-19-15(20)13-7-5-6-12(8-13)10-18/h5-8,14,21H,4,9,11H2,1-3H3,(H,19,20)/t14-,17+/m0/s1. The van der Waals surface area contributed by atoms with Crippen LogP contribution < -0.4 is 5.32 Å². The molecule has 0 spiro atoms. The van der Waals surface area contributed by atoms with Crippen molar-refractivity contribution in [3.8, 4) is 6.07 Å². The molecule has 0 radical (unpaired) electrons. The third-order valence-electron chi connectivity index (χ3n) is 4.69. The summed E-state index contributed by atoms with van der Waals surface area (Å²) in [7, 11) is 0. The van der Waals surface area contributed by atoms with Gasteiger partial charge in [-0.2, -0.15) is 5.26 Å². The number of amides is 1. The second-order valence-corrected chi connectivity index (χ2v) is 6.28. The van der Waals surface area contributed by atoms with Crippen molar-refractivity contribution in [2.75, 3.05) is 13.2 Å². The van der Waals surface area contributed by atoms with E-state index < -0.39 is 11.0 Å². The summed E-state index contributed by atoms with van der Waals surface area (Å²) < 4.78 is 5.60. The van der Waals surface area contributed by atoms with E-state index in [-0.39, 0.29) is 18.6 Å². The van der Waals surface area contributed by atoms with Gasteiger partial charge in [-0.25, -0.2) is 0 Å². The first-order valence-electron chi connectivity index (χ1n) is 7.46. The van der Waals surface area contributed by atoms with Gasteiger partial charge in [-0.05, 0) is 25.1 Å². The first-order chi connectivity index (χ1) is 10.3. The Labute approximate surface area is 130 Å². The van der Waals surface area contributed by atoms with Crippen LogP contribution in [0.25, 0.3) is 0 Å². The van der Waals surface area contributed by atoms with Crippen LogP contribution in [-0.4, -0.2) is 35.9 Å². The van der Waals surface area contributed by atoms with E-state index in [0.717, 1.165) is 0 Å². The van der Waals surface area contributed by atoms with Crippen molar-refractivity contribution in [3.63, 3.8) is 0 Å². The van der Waals surface area contributed by atoms with Gasteiger partial charge in [0, 0.05) is 30.6 Å². The SMILES string of the molecule is CCO[C@H]1C[C@@](O)(CNC(=O)c2cccc(C#N)c2)C1(C)C. The molecule has 0 aromatic heterocycles. The van der Waals surface area contributed by atoms with Gasteiger partial charge in [0.25, 0.3) is 5.91 Å². The average molecular weight is 302 g/mol. The minimum absolute atomic E-state index is 0.00122. The van der Waals surface area contributed by atoms with Crippen molar-refractivity contribution in [3.05, 3.63) is 35.4 Å². The van der Waals surface area contributed by atoms with Crippen molar-refractivity contribution in [1.82, 2.24) is 5.32 Å². The van der Waals surface area contributed by atoms with Crippen LogP contribution in [0.1, 0.15) is 43.1 Å². The maximum absolute atomic E-state index is 12.2. The Kier molecular flexibility index (Phi) is 4.55. The van der Waals surface area contributed by atoms with Gasteiger partial charge in [0.05, 0.1) is 23.3 Å². The molecule has 1 amide bonds. The molecule has 0 aliphatic heterocycles. The van der Waals surface area contributed by atoms with Gasteiger partial charge in [-0.15, -0.1) is 0 Å². The van der Waals surface area contributed by atoms with Gasteiger partial charge < -0.3 is 15.2 Å². The predicted octanol–water partition coefficient (Wildman–Crippen LogP) is 1.85. The summed E-state index contributed by atoms with van der Waals surface area (Å²) in [5.74, 6) is -0.291. The Balaban J connectivity index is 1.98. The summed E-state index contributed by atoms with van der Waals surface area (Å²) in [6.07, 6.45) is 0.508. The maximum Gasteiger partial charge on any atom is 0.251 e. The zero-order valence-corrected chi connectivity index (χ0v) is 13.2. The number of ether oxygens (including phenoxy) is 1. The molecule has 118 valence electrons. The lowest BCUT2D eigenvalue weighted by molar-refractivity contribution is -0.237. The fourth-order valence-electron chi connectivity index (χ4n) is 2.82. The van der Waals surface area contributed by atoms with Gasteiger partial charge in [0.2, 0.25) is 0 Å². The minimum atomic E-state index is -0.977. The number of benzene rings is 1. The van der Waals surface area contributed by atoms with Crippen molar-refractivity contribution >= 4 is 5.91 Å². The molecule has 0 bridgehead atoms. The third-order valence-corrected chi connectivity index (χ3v) is 4.69. The second kappa shape index (κ2) is 6.07.